The minimum Gasteiger partial charge on any atom is -0.378 e. The quantitative estimate of drug-likeness (QED) is 0.553. The average Bonchev–Trinajstić information content (AvgIpc) is 3.37. The summed E-state index contributed by atoms with van der Waals surface area (Å²) >= 11 is 0. The number of carbonyl (C=O) groups excluding carboxylic acids is 1. The first-order valence-corrected chi connectivity index (χ1v) is 11.5. The summed E-state index contributed by atoms with van der Waals surface area (Å²) in [6.07, 6.45) is 6.86. The van der Waals surface area contributed by atoms with Crippen LogP contribution in [0.1, 0.15) is 29.6 Å². The van der Waals surface area contributed by atoms with E-state index in [2.05, 4.69) is 31.3 Å². The first-order chi connectivity index (χ1) is 17.1. The molecule has 0 unspecified atom stereocenters. The van der Waals surface area contributed by atoms with Crippen molar-refractivity contribution in [2.75, 3.05) is 31.6 Å². The van der Waals surface area contributed by atoms with Gasteiger partial charge in [-0.05, 0) is 30.3 Å². The zero-order chi connectivity index (χ0) is 24.3. The number of morpholine rings is 1. The van der Waals surface area contributed by atoms with Crippen LogP contribution in [-0.2, 0) is 10.3 Å². The summed E-state index contributed by atoms with van der Waals surface area (Å²) in [5, 5.41) is 17.0. The van der Waals surface area contributed by atoms with Gasteiger partial charge in [-0.2, -0.15) is 10.4 Å². The van der Waals surface area contributed by atoms with Gasteiger partial charge in [0.25, 0.3) is 5.91 Å². The van der Waals surface area contributed by atoms with E-state index in [4.69, 9.17) is 11.3 Å². The zero-order valence-electron chi connectivity index (χ0n) is 19.1. The standard InChI is InChI=1S/C25H24N8O2/c1-27-21-14-25(15-21,7-8-26)33-17-19(16-29-33)22-6-9-28-24(31-22)30-20-4-2-18(3-5-20)23(34)32-10-12-35-13-11-32/h2-6,9,16-17,21H,7,10-15H2,(H,28,30,31). The molecule has 2 aromatic heterocycles. The first-order valence-electron chi connectivity index (χ1n) is 11.5. The molecular weight excluding hydrogens is 444 g/mol. The minimum absolute atomic E-state index is 0.00143. The van der Waals surface area contributed by atoms with Gasteiger partial charge in [-0.1, -0.05) is 0 Å². The average molecular weight is 469 g/mol. The van der Waals surface area contributed by atoms with Crippen LogP contribution in [-0.4, -0.2) is 62.9 Å². The topological polar surface area (TPSA) is 113 Å². The normalized spacial score (nSPS) is 21.4. The molecule has 10 nitrogen and oxygen atoms in total. The monoisotopic (exact) mass is 468 g/mol. The lowest BCUT2D eigenvalue weighted by Gasteiger charge is -2.40. The Morgan fingerprint density at radius 1 is 1.26 bits per heavy atom. The first kappa shape index (κ1) is 22.5. The van der Waals surface area contributed by atoms with Crippen molar-refractivity contribution in [3.05, 3.63) is 65.9 Å². The Balaban J connectivity index is 1.28. The molecule has 1 amide bonds. The van der Waals surface area contributed by atoms with E-state index >= 15 is 0 Å². The van der Waals surface area contributed by atoms with Gasteiger partial charge >= 0.3 is 0 Å². The van der Waals surface area contributed by atoms with Crippen LogP contribution in [0.2, 0.25) is 0 Å². The van der Waals surface area contributed by atoms with E-state index in [0.29, 0.717) is 62.8 Å². The maximum Gasteiger partial charge on any atom is 0.254 e. The second kappa shape index (κ2) is 9.53. The molecule has 176 valence electrons. The Kier molecular flexibility index (Phi) is 6.13. The van der Waals surface area contributed by atoms with Gasteiger partial charge in [-0.25, -0.2) is 16.5 Å². The Bertz CT molecular complexity index is 1290. The predicted octanol–water partition coefficient (Wildman–Crippen LogP) is 3.25. The van der Waals surface area contributed by atoms with Crippen LogP contribution < -0.4 is 5.32 Å². The van der Waals surface area contributed by atoms with Gasteiger partial charge in [0.1, 0.15) is 0 Å². The number of anilines is 2. The van der Waals surface area contributed by atoms with Crippen molar-refractivity contribution in [3.63, 3.8) is 0 Å². The maximum absolute atomic E-state index is 12.6. The second-order valence-corrected chi connectivity index (χ2v) is 8.80. The summed E-state index contributed by atoms with van der Waals surface area (Å²) < 4.78 is 7.12. The lowest BCUT2D eigenvalue weighted by molar-refractivity contribution is 0.0303. The van der Waals surface area contributed by atoms with Crippen LogP contribution in [0.15, 0.2) is 48.9 Å². The summed E-state index contributed by atoms with van der Waals surface area (Å²) in [6.45, 7) is 9.58. The number of ether oxygens (including phenoxy) is 1. The number of hydrogen-bond acceptors (Lipinski definition) is 7. The highest BCUT2D eigenvalue weighted by Crippen LogP contribution is 2.44. The molecule has 2 fully saturated rings. The van der Waals surface area contributed by atoms with Crippen molar-refractivity contribution in [1.82, 2.24) is 24.6 Å². The van der Waals surface area contributed by atoms with Crippen LogP contribution in [0.4, 0.5) is 11.6 Å². The summed E-state index contributed by atoms with van der Waals surface area (Å²) in [6, 6.07) is 11.2. The number of nitriles is 1. The summed E-state index contributed by atoms with van der Waals surface area (Å²) in [7, 11) is 0. The lowest BCUT2D eigenvalue weighted by Crippen LogP contribution is -2.48. The molecule has 3 heterocycles. The fourth-order valence-electron chi connectivity index (χ4n) is 4.54. The number of benzene rings is 1. The largest absolute Gasteiger partial charge is 0.378 e. The number of nitrogens with zero attached hydrogens (tertiary/aromatic N) is 7. The molecule has 0 radical (unpaired) electrons. The molecule has 1 aromatic carbocycles. The summed E-state index contributed by atoms with van der Waals surface area (Å²) in [5.41, 5.74) is 2.48. The molecule has 35 heavy (non-hydrogen) atoms. The van der Waals surface area contributed by atoms with Gasteiger partial charge in [0.05, 0.1) is 43.1 Å². The Labute approximate surface area is 203 Å². The van der Waals surface area contributed by atoms with E-state index < -0.39 is 5.54 Å². The fraction of sp³-hybridized carbons (Fsp3) is 0.360. The molecule has 1 aliphatic carbocycles. The highest BCUT2D eigenvalue weighted by atomic mass is 16.5. The predicted molar refractivity (Wildman–Crippen MR) is 128 cm³/mol. The van der Waals surface area contributed by atoms with E-state index in [1.807, 2.05) is 23.0 Å². The van der Waals surface area contributed by atoms with Crippen molar-refractivity contribution < 1.29 is 9.53 Å². The SMILES string of the molecule is [C-]#[N+]C1CC(CC#N)(n2cc(-c3ccnc(Nc4ccc(C(=O)N5CCOCC5)cc4)n3)cn2)C1. The molecule has 1 saturated carbocycles. The Hall–Kier alpha value is -4.28. The van der Waals surface area contributed by atoms with Crippen LogP contribution in [0.25, 0.3) is 16.1 Å². The number of amides is 1. The Morgan fingerprint density at radius 2 is 2.03 bits per heavy atom. The summed E-state index contributed by atoms with van der Waals surface area (Å²) in [5.74, 6) is 0.421. The van der Waals surface area contributed by atoms with Crippen LogP contribution in [0, 0.1) is 17.9 Å². The van der Waals surface area contributed by atoms with Gasteiger partial charge in [-0.3, -0.25) is 9.48 Å². The number of carbonyl (C=O) groups is 1. The highest BCUT2D eigenvalue weighted by Gasteiger charge is 2.50. The van der Waals surface area contributed by atoms with Crippen molar-refractivity contribution in [1.29, 1.82) is 5.26 Å². The van der Waals surface area contributed by atoms with Crippen molar-refractivity contribution in [3.8, 4) is 17.3 Å². The number of hydrogen-bond donors (Lipinski definition) is 1. The van der Waals surface area contributed by atoms with Crippen molar-refractivity contribution in [2.24, 2.45) is 0 Å². The van der Waals surface area contributed by atoms with E-state index in [1.165, 1.54) is 0 Å². The van der Waals surface area contributed by atoms with E-state index in [-0.39, 0.29) is 11.9 Å². The molecule has 5 rings (SSSR count). The number of nitrogens with one attached hydrogen (secondary N) is 1. The molecule has 2 aliphatic rings. The molecule has 10 heteroatoms. The third-order valence-electron chi connectivity index (χ3n) is 6.53. The molecule has 3 aromatic rings. The highest BCUT2D eigenvalue weighted by molar-refractivity contribution is 5.94. The van der Waals surface area contributed by atoms with Gasteiger partial charge in [0.15, 0.2) is 0 Å². The molecule has 1 saturated heterocycles. The number of aromatic nitrogens is 4. The molecule has 0 bridgehead atoms. The minimum atomic E-state index is -0.420. The fourth-order valence-corrected chi connectivity index (χ4v) is 4.54. The van der Waals surface area contributed by atoms with Crippen molar-refractivity contribution in [2.45, 2.75) is 30.8 Å². The third-order valence-corrected chi connectivity index (χ3v) is 6.53. The molecule has 1 N–H and O–H groups in total. The van der Waals surface area contributed by atoms with Gasteiger partial charge in [0.2, 0.25) is 12.0 Å². The molecule has 0 spiro atoms. The Morgan fingerprint density at radius 3 is 2.74 bits per heavy atom. The van der Waals surface area contributed by atoms with E-state index in [1.54, 1.807) is 35.5 Å². The third kappa shape index (κ3) is 4.57. The number of rotatable bonds is 6. The van der Waals surface area contributed by atoms with Gasteiger partial charge in [-0.15, -0.1) is 0 Å². The molecule has 1 aliphatic heterocycles. The van der Waals surface area contributed by atoms with E-state index in [9.17, 15) is 10.1 Å². The molecular formula is C25H24N8O2. The van der Waals surface area contributed by atoms with E-state index in [0.717, 1.165) is 11.3 Å². The zero-order valence-corrected chi connectivity index (χ0v) is 19.1. The van der Waals surface area contributed by atoms with Crippen LogP contribution in [0.5, 0.6) is 0 Å². The van der Waals surface area contributed by atoms with Gasteiger partial charge < -0.3 is 19.8 Å². The maximum atomic E-state index is 12.6. The van der Waals surface area contributed by atoms with Crippen LogP contribution in [0.3, 0.4) is 0 Å². The second-order valence-electron chi connectivity index (χ2n) is 8.80. The summed E-state index contributed by atoms with van der Waals surface area (Å²) in [4.78, 5) is 26.9. The van der Waals surface area contributed by atoms with Gasteiger partial charge in [0, 0.05) is 55.1 Å². The van der Waals surface area contributed by atoms with Crippen LogP contribution >= 0.6 is 0 Å². The smallest absolute Gasteiger partial charge is 0.254 e. The van der Waals surface area contributed by atoms with Crippen molar-refractivity contribution >= 4 is 17.5 Å². The lowest BCUT2D eigenvalue weighted by atomic mass is 9.71. The molecule has 0 atom stereocenters.